The number of carbonyl (C=O) groups is 1. The van der Waals surface area contributed by atoms with Crippen LogP contribution >= 0.6 is 22.7 Å². The molecule has 0 aliphatic rings. The molecular weight excluding hydrogens is 242 g/mol. The second-order valence-electron chi connectivity index (χ2n) is 3.18. The van der Waals surface area contributed by atoms with Gasteiger partial charge >= 0.3 is 5.97 Å². The molecule has 2 rings (SSSR count). The predicted molar refractivity (Wildman–Crippen MR) is 65.4 cm³/mol. The molecule has 0 amide bonds. The van der Waals surface area contributed by atoms with Crippen molar-refractivity contribution in [3.05, 3.63) is 44.8 Å². The lowest BCUT2D eigenvalue weighted by Crippen LogP contribution is -2.22. The Morgan fingerprint density at radius 2 is 2.06 bits per heavy atom. The highest BCUT2D eigenvalue weighted by molar-refractivity contribution is 7.10. The minimum Gasteiger partial charge on any atom is -0.459 e. The van der Waals surface area contributed by atoms with Crippen molar-refractivity contribution in [3.63, 3.8) is 0 Å². The van der Waals surface area contributed by atoms with Gasteiger partial charge in [0.2, 0.25) is 0 Å². The van der Waals surface area contributed by atoms with E-state index in [9.17, 15) is 4.79 Å². The molecule has 0 fully saturated rings. The first kappa shape index (κ1) is 11.3. The van der Waals surface area contributed by atoms with Crippen molar-refractivity contribution in [2.75, 3.05) is 0 Å². The van der Waals surface area contributed by atoms with Gasteiger partial charge in [-0.05, 0) is 22.9 Å². The number of esters is 1. The first-order valence-electron chi connectivity index (χ1n) is 4.75. The largest absolute Gasteiger partial charge is 0.459 e. The first-order valence-corrected chi connectivity index (χ1v) is 6.51. The molecule has 2 aromatic rings. The van der Waals surface area contributed by atoms with E-state index in [0.717, 1.165) is 9.75 Å². The number of carbonyl (C=O) groups excluding carboxylic acids is 1. The molecule has 0 saturated heterocycles. The van der Waals surface area contributed by atoms with Crippen LogP contribution in [0.1, 0.15) is 15.8 Å². The lowest BCUT2D eigenvalue weighted by Gasteiger charge is -2.08. The topological polar surface area (TPSA) is 52.3 Å². The lowest BCUT2D eigenvalue weighted by atomic mass is 10.2. The Labute approximate surface area is 101 Å². The van der Waals surface area contributed by atoms with E-state index in [1.807, 2.05) is 35.0 Å². The van der Waals surface area contributed by atoms with E-state index in [1.54, 1.807) is 11.3 Å². The molecule has 2 N–H and O–H groups in total. The van der Waals surface area contributed by atoms with Gasteiger partial charge in [-0.1, -0.05) is 12.1 Å². The molecule has 0 saturated carbocycles. The Bertz CT molecular complexity index is 437. The quantitative estimate of drug-likeness (QED) is 0.852. The lowest BCUT2D eigenvalue weighted by molar-refractivity contribution is -0.146. The fraction of sp³-hybridized carbons (Fsp3) is 0.182. The molecule has 0 radical (unpaired) electrons. The summed E-state index contributed by atoms with van der Waals surface area (Å²) in [6.45, 7) is 0.301. The minimum atomic E-state index is -0.667. The molecule has 2 heterocycles. The number of rotatable bonds is 4. The van der Waals surface area contributed by atoms with Crippen molar-refractivity contribution >= 4 is 28.6 Å². The van der Waals surface area contributed by atoms with Gasteiger partial charge in [-0.3, -0.25) is 0 Å². The van der Waals surface area contributed by atoms with Crippen LogP contribution in [0.15, 0.2) is 35.0 Å². The smallest absolute Gasteiger partial charge is 0.328 e. The Balaban J connectivity index is 1.89. The van der Waals surface area contributed by atoms with Crippen LogP contribution in [0.4, 0.5) is 0 Å². The third kappa shape index (κ3) is 2.69. The summed E-state index contributed by atoms with van der Waals surface area (Å²) in [5, 5.41) is 3.84. The summed E-state index contributed by atoms with van der Waals surface area (Å²) >= 11 is 3.02. The average Bonchev–Trinajstić information content (AvgIpc) is 2.96. The third-order valence-corrected chi connectivity index (χ3v) is 3.85. The molecule has 16 heavy (non-hydrogen) atoms. The molecule has 5 heteroatoms. The van der Waals surface area contributed by atoms with E-state index < -0.39 is 6.04 Å². The van der Waals surface area contributed by atoms with Gasteiger partial charge in [-0.2, -0.15) is 0 Å². The molecule has 0 bridgehead atoms. The maximum absolute atomic E-state index is 11.6. The number of thiophene rings is 2. The van der Waals surface area contributed by atoms with Crippen molar-refractivity contribution in [2.45, 2.75) is 12.6 Å². The van der Waals surface area contributed by atoms with Crippen LogP contribution in [0.5, 0.6) is 0 Å². The van der Waals surface area contributed by atoms with Gasteiger partial charge in [-0.15, -0.1) is 22.7 Å². The first-order chi connectivity index (χ1) is 7.77. The van der Waals surface area contributed by atoms with Crippen molar-refractivity contribution in [3.8, 4) is 0 Å². The second kappa shape index (κ2) is 5.25. The third-order valence-electron chi connectivity index (χ3n) is 2.04. The monoisotopic (exact) mass is 253 g/mol. The Hall–Kier alpha value is -1.17. The van der Waals surface area contributed by atoms with Gasteiger partial charge in [0.15, 0.2) is 0 Å². The number of hydrogen-bond acceptors (Lipinski definition) is 5. The molecule has 3 nitrogen and oxygen atoms in total. The summed E-state index contributed by atoms with van der Waals surface area (Å²) in [4.78, 5) is 13.5. The van der Waals surface area contributed by atoms with Crippen molar-refractivity contribution in [1.29, 1.82) is 0 Å². The normalized spacial score (nSPS) is 12.3. The molecule has 0 spiro atoms. The standard InChI is InChI=1S/C11H11NO2S2/c12-10(9-4-2-6-16-9)11(13)14-7-8-3-1-5-15-8/h1-6,10H,7,12H2. The van der Waals surface area contributed by atoms with Crippen LogP contribution in [0.2, 0.25) is 0 Å². The Morgan fingerprint density at radius 1 is 1.31 bits per heavy atom. The summed E-state index contributed by atoms with van der Waals surface area (Å²) in [5.41, 5.74) is 5.76. The van der Waals surface area contributed by atoms with Crippen LogP contribution in [-0.2, 0) is 16.1 Å². The van der Waals surface area contributed by atoms with Crippen LogP contribution in [0.3, 0.4) is 0 Å². The van der Waals surface area contributed by atoms with Crippen LogP contribution in [0.25, 0.3) is 0 Å². The highest BCUT2D eigenvalue weighted by Gasteiger charge is 2.18. The zero-order chi connectivity index (χ0) is 11.4. The zero-order valence-corrected chi connectivity index (χ0v) is 10.1. The van der Waals surface area contributed by atoms with E-state index in [-0.39, 0.29) is 5.97 Å². The van der Waals surface area contributed by atoms with E-state index in [4.69, 9.17) is 10.5 Å². The summed E-state index contributed by atoms with van der Waals surface area (Å²) in [5.74, 6) is -0.379. The molecule has 1 unspecified atom stereocenters. The number of hydrogen-bond donors (Lipinski definition) is 1. The molecule has 1 atom stereocenters. The van der Waals surface area contributed by atoms with Gasteiger partial charge in [0, 0.05) is 9.75 Å². The van der Waals surface area contributed by atoms with Crippen molar-refractivity contribution in [2.24, 2.45) is 5.73 Å². The summed E-state index contributed by atoms with van der Waals surface area (Å²) in [6, 6.07) is 6.88. The van der Waals surface area contributed by atoms with Gasteiger partial charge in [0.1, 0.15) is 12.6 Å². The van der Waals surface area contributed by atoms with E-state index >= 15 is 0 Å². The molecular formula is C11H11NO2S2. The van der Waals surface area contributed by atoms with E-state index in [0.29, 0.717) is 6.61 Å². The zero-order valence-electron chi connectivity index (χ0n) is 8.46. The Morgan fingerprint density at radius 3 is 2.69 bits per heavy atom. The molecule has 0 aliphatic heterocycles. The fourth-order valence-electron chi connectivity index (χ4n) is 1.21. The fourth-order valence-corrected chi connectivity index (χ4v) is 2.54. The summed E-state index contributed by atoms with van der Waals surface area (Å²) in [7, 11) is 0. The van der Waals surface area contributed by atoms with Crippen molar-refractivity contribution < 1.29 is 9.53 Å². The molecule has 0 aliphatic carbocycles. The van der Waals surface area contributed by atoms with Crippen molar-refractivity contribution in [1.82, 2.24) is 0 Å². The second-order valence-corrected chi connectivity index (χ2v) is 5.19. The Kier molecular flexibility index (Phi) is 3.71. The minimum absolute atomic E-state index is 0.301. The number of ether oxygens (including phenoxy) is 1. The maximum atomic E-state index is 11.6. The predicted octanol–water partition coefficient (Wildman–Crippen LogP) is 2.55. The van der Waals surface area contributed by atoms with E-state index in [1.165, 1.54) is 11.3 Å². The SMILES string of the molecule is NC(C(=O)OCc1cccs1)c1cccs1. The highest BCUT2D eigenvalue weighted by Crippen LogP contribution is 2.19. The van der Waals surface area contributed by atoms with Crippen LogP contribution in [0, 0.1) is 0 Å². The van der Waals surface area contributed by atoms with E-state index in [2.05, 4.69) is 0 Å². The summed E-state index contributed by atoms with van der Waals surface area (Å²) < 4.78 is 5.13. The van der Waals surface area contributed by atoms with Crippen LogP contribution < -0.4 is 5.73 Å². The van der Waals surface area contributed by atoms with Gasteiger partial charge in [0.05, 0.1) is 0 Å². The van der Waals surface area contributed by atoms with Crippen LogP contribution in [-0.4, -0.2) is 5.97 Å². The molecule has 2 aromatic heterocycles. The molecule has 0 aromatic carbocycles. The average molecular weight is 253 g/mol. The maximum Gasteiger partial charge on any atom is 0.328 e. The van der Waals surface area contributed by atoms with Gasteiger partial charge in [0.25, 0.3) is 0 Å². The highest BCUT2D eigenvalue weighted by atomic mass is 32.1. The summed E-state index contributed by atoms with van der Waals surface area (Å²) in [6.07, 6.45) is 0. The van der Waals surface area contributed by atoms with Gasteiger partial charge < -0.3 is 10.5 Å². The number of nitrogens with two attached hydrogens (primary N) is 1. The molecule has 84 valence electrons. The van der Waals surface area contributed by atoms with Gasteiger partial charge in [-0.25, -0.2) is 4.79 Å².